The second-order valence-electron chi connectivity index (χ2n) is 11.0. The Morgan fingerprint density at radius 3 is 2.77 bits per heavy atom. The molecular formula is C31H29FN4O3. The van der Waals surface area contributed by atoms with Gasteiger partial charge in [-0.3, -0.25) is 14.5 Å². The fourth-order valence-corrected chi connectivity index (χ4v) is 6.65. The van der Waals surface area contributed by atoms with Gasteiger partial charge in [-0.15, -0.1) is 0 Å². The second-order valence-corrected chi connectivity index (χ2v) is 11.0. The number of rotatable bonds is 7. The molecule has 7 nitrogen and oxygen atoms in total. The number of amides is 1. The van der Waals surface area contributed by atoms with Gasteiger partial charge in [0.15, 0.2) is 0 Å². The number of aryl methyl sites for hydroxylation is 1. The van der Waals surface area contributed by atoms with Crippen LogP contribution in [0.5, 0.6) is 0 Å². The van der Waals surface area contributed by atoms with E-state index in [2.05, 4.69) is 15.4 Å². The Hall–Kier alpha value is -4.33. The van der Waals surface area contributed by atoms with Crippen LogP contribution in [0.4, 0.5) is 10.1 Å². The number of hydrogen-bond donors (Lipinski definition) is 2. The van der Waals surface area contributed by atoms with Crippen molar-refractivity contribution >= 4 is 34.5 Å². The van der Waals surface area contributed by atoms with Gasteiger partial charge in [0, 0.05) is 30.6 Å². The Labute approximate surface area is 225 Å². The number of carbonyl (C=O) groups is 2. The van der Waals surface area contributed by atoms with E-state index in [1.54, 1.807) is 18.3 Å². The number of pyridine rings is 1. The molecule has 2 aliphatic carbocycles. The van der Waals surface area contributed by atoms with E-state index in [0.717, 1.165) is 53.8 Å². The topological polar surface area (TPSA) is 97.1 Å². The molecule has 0 spiro atoms. The molecule has 2 bridgehead atoms. The summed E-state index contributed by atoms with van der Waals surface area (Å²) in [5.41, 5.74) is 4.25. The molecule has 8 heteroatoms. The normalized spacial score (nSPS) is 22.1. The summed E-state index contributed by atoms with van der Waals surface area (Å²) in [7, 11) is 1.90. The molecule has 4 aromatic rings. The minimum Gasteiger partial charge on any atom is -0.478 e. The second kappa shape index (κ2) is 9.76. The quantitative estimate of drug-likeness (QED) is 0.295. The largest absolute Gasteiger partial charge is 0.478 e. The van der Waals surface area contributed by atoms with Crippen LogP contribution in [0.3, 0.4) is 0 Å². The lowest BCUT2D eigenvalue weighted by molar-refractivity contribution is -0.131. The van der Waals surface area contributed by atoms with E-state index in [1.807, 2.05) is 48.3 Å². The van der Waals surface area contributed by atoms with Crippen molar-refractivity contribution < 1.29 is 19.1 Å². The smallest absolute Gasteiger partial charge is 0.328 e. The van der Waals surface area contributed by atoms with Gasteiger partial charge in [0.05, 0.1) is 23.6 Å². The van der Waals surface area contributed by atoms with Gasteiger partial charge in [0.2, 0.25) is 5.91 Å². The van der Waals surface area contributed by atoms with Gasteiger partial charge in [0.1, 0.15) is 5.82 Å². The maximum absolute atomic E-state index is 15.5. The van der Waals surface area contributed by atoms with Crippen LogP contribution in [0.15, 0.2) is 67.1 Å². The fourth-order valence-electron chi connectivity index (χ4n) is 6.65. The first kappa shape index (κ1) is 25.0. The zero-order valence-electron chi connectivity index (χ0n) is 21.6. The predicted octanol–water partition coefficient (Wildman–Crippen LogP) is 5.86. The Bertz CT molecular complexity index is 1630. The van der Waals surface area contributed by atoms with Crippen molar-refractivity contribution in [2.75, 3.05) is 5.32 Å². The Morgan fingerprint density at radius 1 is 1.15 bits per heavy atom. The highest BCUT2D eigenvalue weighted by molar-refractivity contribution is 5.94. The summed E-state index contributed by atoms with van der Waals surface area (Å²) in [5, 5.41) is 17.2. The van der Waals surface area contributed by atoms with E-state index in [1.165, 1.54) is 12.3 Å². The number of carbonyl (C=O) groups excluding carboxylic acids is 1. The van der Waals surface area contributed by atoms with Crippen LogP contribution < -0.4 is 5.32 Å². The third-order valence-corrected chi connectivity index (χ3v) is 8.49. The van der Waals surface area contributed by atoms with Crippen LogP contribution in [0.25, 0.3) is 28.1 Å². The monoisotopic (exact) mass is 524 g/mol. The predicted molar refractivity (Wildman–Crippen MR) is 147 cm³/mol. The minimum atomic E-state index is -1.05. The standard InChI is InChI=1S/C31H29FN4O3/c1-36-28-6-5-21(12-24(28)17-34-36)22-3-4-23(27(32)13-22)15-31-9-8-19(14-31)11-26(31)30(39)35-25-10-20(16-33-18-25)2-7-29(37)38/h2-7,10,12-13,16-19,26H,8-9,11,14-15H2,1H3,(H,35,39)(H,37,38)/b7-2+/t19-,26+,31+/m1/s1. The first-order chi connectivity index (χ1) is 18.8. The number of carboxylic acid groups (broad SMARTS) is 1. The van der Waals surface area contributed by atoms with Crippen molar-refractivity contribution in [1.82, 2.24) is 14.8 Å². The third-order valence-electron chi connectivity index (χ3n) is 8.49. The van der Waals surface area contributed by atoms with Gasteiger partial charge < -0.3 is 10.4 Å². The van der Waals surface area contributed by atoms with Crippen LogP contribution in [0.2, 0.25) is 0 Å². The van der Waals surface area contributed by atoms with Crippen LogP contribution in [-0.4, -0.2) is 31.7 Å². The van der Waals surface area contributed by atoms with E-state index in [4.69, 9.17) is 5.11 Å². The summed E-state index contributed by atoms with van der Waals surface area (Å²) in [5.74, 6) is -1.13. The van der Waals surface area contributed by atoms with E-state index in [9.17, 15) is 9.59 Å². The number of nitrogens with one attached hydrogen (secondary N) is 1. The Morgan fingerprint density at radius 2 is 1.97 bits per heavy atom. The summed E-state index contributed by atoms with van der Waals surface area (Å²) in [6.07, 6.45) is 11.6. The maximum atomic E-state index is 15.5. The molecule has 0 radical (unpaired) electrons. The van der Waals surface area contributed by atoms with E-state index in [-0.39, 0.29) is 23.1 Å². The molecule has 1 amide bonds. The summed E-state index contributed by atoms with van der Waals surface area (Å²) in [6.45, 7) is 0. The molecule has 6 rings (SSSR count). The van der Waals surface area contributed by atoms with Crippen molar-refractivity contribution in [3.63, 3.8) is 0 Å². The highest BCUT2D eigenvalue weighted by atomic mass is 19.1. The molecule has 2 fully saturated rings. The number of halogens is 1. The van der Waals surface area contributed by atoms with E-state index in [0.29, 0.717) is 29.2 Å². The molecule has 2 aromatic carbocycles. The molecule has 39 heavy (non-hydrogen) atoms. The molecule has 0 unspecified atom stereocenters. The van der Waals surface area contributed by atoms with Gasteiger partial charge in [0.25, 0.3) is 0 Å². The molecule has 198 valence electrons. The average molecular weight is 525 g/mol. The summed E-state index contributed by atoms with van der Waals surface area (Å²) in [4.78, 5) is 28.4. The number of anilines is 1. The van der Waals surface area contributed by atoms with Crippen LogP contribution in [-0.2, 0) is 23.1 Å². The van der Waals surface area contributed by atoms with Gasteiger partial charge in [-0.05, 0) is 96.0 Å². The molecule has 2 aromatic heterocycles. The SMILES string of the molecule is Cn1ncc2cc(-c3ccc(C[C@@]45CC[C@H](C[C@H]4C(=O)Nc4cncc(/C=C/C(=O)O)c4)C5)c(F)c3)ccc21. The van der Waals surface area contributed by atoms with Crippen molar-refractivity contribution in [2.24, 2.45) is 24.3 Å². The van der Waals surface area contributed by atoms with Gasteiger partial charge in [-0.2, -0.15) is 5.10 Å². The van der Waals surface area contributed by atoms with Crippen molar-refractivity contribution in [3.05, 3.63) is 84.1 Å². The lowest BCUT2D eigenvalue weighted by atomic mass is 9.70. The van der Waals surface area contributed by atoms with Crippen molar-refractivity contribution in [3.8, 4) is 11.1 Å². The number of hydrogen-bond acceptors (Lipinski definition) is 4. The van der Waals surface area contributed by atoms with Gasteiger partial charge in [-0.25, -0.2) is 9.18 Å². The number of nitrogens with zero attached hydrogens (tertiary/aromatic N) is 3. The Kier molecular flexibility index (Phi) is 6.25. The van der Waals surface area contributed by atoms with Crippen LogP contribution in [0, 0.1) is 23.1 Å². The first-order valence-corrected chi connectivity index (χ1v) is 13.2. The number of benzene rings is 2. The van der Waals surface area contributed by atoms with Crippen molar-refractivity contribution in [2.45, 2.75) is 32.1 Å². The Balaban J connectivity index is 1.21. The molecule has 3 atom stereocenters. The first-order valence-electron chi connectivity index (χ1n) is 13.2. The molecule has 0 saturated heterocycles. The van der Waals surface area contributed by atoms with Crippen molar-refractivity contribution in [1.29, 1.82) is 0 Å². The highest BCUT2D eigenvalue weighted by Crippen LogP contribution is 2.59. The lowest BCUT2D eigenvalue weighted by Gasteiger charge is -2.34. The lowest BCUT2D eigenvalue weighted by Crippen LogP contribution is -2.37. The number of carboxylic acids is 1. The third kappa shape index (κ3) is 4.82. The molecule has 2 heterocycles. The number of fused-ring (bicyclic) bond motifs is 3. The average Bonchev–Trinajstić information content (AvgIpc) is 3.61. The number of aliphatic carboxylic acids is 1. The van der Waals surface area contributed by atoms with Gasteiger partial charge >= 0.3 is 5.97 Å². The molecule has 2 N–H and O–H groups in total. The molecule has 0 aliphatic heterocycles. The zero-order valence-corrected chi connectivity index (χ0v) is 21.6. The minimum absolute atomic E-state index is 0.0832. The van der Waals surface area contributed by atoms with Gasteiger partial charge in [-0.1, -0.05) is 18.2 Å². The van der Waals surface area contributed by atoms with Crippen LogP contribution in [0.1, 0.15) is 36.8 Å². The fraction of sp³-hybridized carbons (Fsp3) is 0.290. The summed E-state index contributed by atoms with van der Waals surface area (Å²) >= 11 is 0. The summed E-state index contributed by atoms with van der Waals surface area (Å²) in [6, 6.07) is 13.1. The highest BCUT2D eigenvalue weighted by Gasteiger charge is 2.54. The molecule has 2 aliphatic rings. The maximum Gasteiger partial charge on any atom is 0.328 e. The zero-order chi connectivity index (χ0) is 27.1. The van der Waals surface area contributed by atoms with Crippen LogP contribution >= 0.6 is 0 Å². The molecular weight excluding hydrogens is 495 g/mol. The summed E-state index contributed by atoms with van der Waals surface area (Å²) < 4.78 is 17.3. The molecule has 2 saturated carbocycles. The van der Waals surface area contributed by atoms with E-state index >= 15 is 4.39 Å². The number of aromatic nitrogens is 3. The van der Waals surface area contributed by atoms with E-state index < -0.39 is 5.97 Å².